The highest BCUT2D eigenvalue weighted by atomic mass is 35.5. The monoisotopic (exact) mass is 444 g/mol. The molecule has 0 bridgehead atoms. The summed E-state index contributed by atoms with van der Waals surface area (Å²) in [5.41, 5.74) is 1.22. The standard InChI is InChI=1S/C21H18ClFN4O4/c22-16-10-13(23)3-6-15(16)17(29)9-12-1-4-14(5-2-12)27-21(31)19-18(25-11-26-19)20(30)24-7-8-28/h1-6,10-11,28H,7-9H2,(H,24,30)(H,25,26)(H,27,31). The van der Waals surface area contributed by atoms with Crippen LogP contribution < -0.4 is 10.6 Å². The van der Waals surface area contributed by atoms with Gasteiger partial charge in [-0.15, -0.1) is 0 Å². The molecule has 0 aliphatic rings. The zero-order valence-electron chi connectivity index (χ0n) is 16.1. The number of Topliss-reactive ketones (excluding diaryl/α,β-unsaturated/α-hetero) is 1. The Hall–Kier alpha value is -3.56. The quantitative estimate of drug-likeness (QED) is 0.397. The fourth-order valence-corrected chi connectivity index (χ4v) is 3.06. The van der Waals surface area contributed by atoms with Gasteiger partial charge >= 0.3 is 0 Å². The van der Waals surface area contributed by atoms with Crippen LogP contribution in [0.5, 0.6) is 0 Å². The van der Waals surface area contributed by atoms with Crippen molar-refractivity contribution in [1.29, 1.82) is 0 Å². The van der Waals surface area contributed by atoms with Crippen molar-refractivity contribution in [2.24, 2.45) is 0 Å². The van der Waals surface area contributed by atoms with Gasteiger partial charge in [0.05, 0.1) is 18.0 Å². The Labute approximate surface area is 181 Å². The Kier molecular flexibility index (Phi) is 7.11. The lowest BCUT2D eigenvalue weighted by molar-refractivity contribution is 0.0927. The van der Waals surface area contributed by atoms with Crippen LogP contribution in [0.1, 0.15) is 36.9 Å². The molecule has 0 fully saturated rings. The second-order valence-electron chi connectivity index (χ2n) is 6.48. The largest absolute Gasteiger partial charge is 0.395 e. The molecular formula is C21H18ClFN4O4. The maximum atomic E-state index is 13.1. The maximum Gasteiger partial charge on any atom is 0.276 e. The summed E-state index contributed by atoms with van der Waals surface area (Å²) >= 11 is 5.93. The van der Waals surface area contributed by atoms with Crippen LogP contribution in [0.15, 0.2) is 48.8 Å². The van der Waals surface area contributed by atoms with Gasteiger partial charge in [-0.1, -0.05) is 23.7 Å². The first-order valence-corrected chi connectivity index (χ1v) is 9.58. The molecule has 10 heteroatoms. The second kappa shape index (κ2) is 9.96. The number of aliphatic hydroxyl groups is 1. The van der Waals surface area contributed by atoms with Crippen molar-refractivity contribution < 1.29 is 23.9 Å². The molecule has 0 saturated carbocycles. The number of hydrogen-bond donors (Lipinski definition) is 4. The molecule has 0 aliphatic heterocycles. The molecule has 0 saturated heterocycles. The fourth-order valence-electron chi connectivity index (χ4n) is 2.79. The summed E-state index contributed by atoms with van der Waals surface area (Å²) in [4.78, 5) is 43.3. The number of nitrogens with zero attached hydrogens (tertiary/aromatic N) is 1. The van der Waals surface area contributed by atoms with Crippen molar-refractivity contribution in [3.05, 3.63) is 82.1 Å². The van der Waals surface area contributed by atoms with E-state index in [0.29, 0.717) is 11.3 Å². The van der Waals surface area contributed by atoms with Crippen molar-refractivity contribution in [2.45, 2.75) is 6.42 Å². The van der Waals surface area contributed by atoms with Crippen LogP contribution in [-0.4, -0.2) is 45.8 Å². The van der Waals surface area contributed by atoms with Crippen LogP contribution in [0.4, 0.5) is 10.1 Å². The van der Waals surface area contributed by atoms with E-state index in [0.717, 1.165) is 6.07 Å². The molecule has 0 spiro atoms. The number of benzene rings is 2. The first-order chi connectivity index (χ1) is 14.9. The third-order valence-corrected chi connectivity index (χ3v) is 4.60. The molecule has 3 aromatic rings. The molecular weight excluding hydrogens is 427 g/mol. The predicted octanol–water partition coefficient (Wildman–Crippen LogP) is 2.60. The number of aliphatic hydroxyl groups excluding tert-OH is 1. The summed E-state index contributed by atoms with van der Waals surface area (Å²) in [6, 6.07) is 10.1. The van der Waals surface area contributed by atoms with Gasteiger partial charge in [-0.05, 0) is 35.9 Å². The van der Waals surface area contributed by atoms with Gasteiger partial charge in [0.25, 0.3) is 11.8 Å². The lowest BCUT2D eigenvalue weighted by atomic mass is 10.0. The second-order valence-corrected chi connectivity index (χ2v) is 6.89. The average molecular weight is 445 g/mol. The molecule has 31 heavy (non-hydrogen) atoms. The van der Waals surface area contributed by atoms with Crippen LogP contribution in [0.2, 0.25) is 5.02 Å². The number of imidazole rings is 1. The molecule has 2 amide bonds. The highest BCUT2D eigenvalue weighted by Crippen LogP contribution is 2.20. The Morgan fingerprint density at radius 1 is 1.10 bits per heavy atom. The Morgan fingerprint density at radius 2 is 1.84 bits per heavy atom. The minimum Gasteiger partial charge on any atom is -0.395 e. The topological polar surface area (TPSA) is 124 Å². The highest BCUT2D eigenvalue weighted by Gasteiger charge is 2.20. The molecule has 8 nitrogen and oxygen atoms in total. The van der Waals surface area contributed by atoms with Crippen LogP contribution in [0.25, 0.3) is 0 Å². The predicted molar refractivity (Wildman–Crippen MR) is 112 cm³/mol. The molecule has 0 atom stereocenters. The van der Waals surface area contributed by atoms with E-state index >= 15 is 0 Å². The van der Waals surface area contributed by atoms with Gasteiger partial charge in [-0.3, -0.25) is 14.4 Å². The lowest BCUT2D eigenvalue weighted by Gasteiger charge is -2.08. The number of H-pyrrole nitrogens is 1. The molecule has 2 aromatic carbocycles. The number of ketones is 1. The van der Waals surface area contributed by atoms with E-state index in [9.17, 15) is 18.8 Å². The van der Waals surface area contributed by atoms with Crippen LogP contribution in [-0.2, 0) is 6.42 Å². The normalized spacial score (nSPS) is 10.5. The number of rotatable bonds is 8. The molecule has 0 aliphatic carbocycles. The number of aromatic nitrogens is 2. The number of carbonyl (C=O) groups excluding carboxylic acids is 3. The summed E-state index contributed by atoms with van der Waals surface area (Å²) < 4.78 is 13.1. The molecule has 160 valence electrons. The van der Waals surface area contributed by atoms with E-state index in [1.807, 2.05) is 0 Å². The Bertz CT molecular complexity index is 1110. The minimum atomic E-state index is -0.600. The van der Waals surface area contributed by atoms with Gasteiger partial charge in [0.2, 0.25) is 0 Å². The smallest absolute Gasteiger partial charge is 0.276 e. The number of amides is 2. The van der Waals surface area contributed by atoms with E-state index < -0.39 is 17.6 Å². The van der Waals surface area contributed by atoms with Gasteiger partial charge in [-0.2, -0.15) is 0 Å². The summed E-state index contributed by atoms with van der Waals surface area (Å²) in [7, 11) is 0. The van der Waals surface area contributed by atoms with Gasteiger partial charge in [0.15, 0.2) is 11.5 Å². The molecule has 3 rings (SSSR count). The molecule has 1 heterocycles. The number of carbonyl (C=O) groups is 3. The Morgan fingerprint density at radius 3 is 2.52 bits per heavy atom. The first kappa shape index (κ1) is 22.1. The SMILES string of the molecule is O=C(Cc1ccc(NC(=O)c2nc[nH]c2C(=O)NCCO)cc1)c1ccc(F)cc1Cl. The van der Waals surface area contributed by atoms with E-state index in [-0.39, 0.29) is 47.3 Å². The molecule has 1 aromatic heterocycles. The highest BCUT2D eigenvalue weighted by molar-refractivity contribution is 6.34. The van der Waals surface area contributed by atoms with E-state index in [1.165, 1.54) is 18.5 Å². The fraction of sp³-hybridized carbons (Fsp3) is 0.143. The minimum absolute atomic E-state index is 0.0238. The van der Waals surface area contributed by atoms with Gasteiger partial charge in [0.1, 0.15) is 11.5 Å². The van der Waals surface area contributed by atoms with Gasteiger partial charge in [-0.25, -0.2) is 9.37 Å². The number of anilines is 1. The van der Waals surface area contributed by atoms with Crippen LogP contribution in [0, 0.1) is 5.82 Å². The Balaban J connectivity index is 1.65. The summed E-state index contributed by atoms with van der Waals surface area (Å²) in [5, 5.41) is 13.9. The van der Waals surface area contributed by atoms with E-state index in [1.54, 1.807) is 24.3 Å². The number of hydrogen-bond acceptors (Lipinski definition) is 5. The zero-order chi connectivity index (χ0) is 22.4. The van der Waals surface area contributed by atoms with Crippen LogP contribution in [0.3, 0.4) is 0 Å². The van der Waals surface area contributed by atoms with Gasteiger partial charge < -0.3 is 20.7 Å². The average Bonchev–Trinajstić information content (AvgIpc) is 3.23. The van der Waals surface area contributed by atoms with Gasteiger partial charge in [0, 0.05) is 24.2 Å². The lowest BCUT2D eigenvalue weighted by Crippen LogP contribution is -2.29. The number of aromatic amines is 1. The summed E-state index contributed by atoms with van der Waals surface area (Å²) in [6.45, 7) is -0.189. The maximum absolute atomic E-state index is 13.1. The summed E-state index contributed by atoms with van der Waals surface area (Å²) in [5.74, 6) is -1.95. The van der Waals surface area contributed by atoms with Crippen molar-refractivity contribution in [2.75, 3.05) is 18.5 Å². The summed E-state index contributed by atoms with van der Waals surface area (Å²) in [6.07, 6.45) is 1.27. The van der Waals surface area contributed by atoms with Crippen molar-refractivity contribution in [3.63, 3.8) is 0 Å². The third kappa shape index (κ3) is 5.53. The molecule has 0 radical (unpaired) electrons. The van der Waals surface area contributed by atoms with Crippen molar-refractivity contribution >= 4 is 34.9 Å². The van der Waals surface area contributed by atoms with E-state index in [4.69, 9.17) is 16.7 Å². The third-order valence-electron chi connectivity index (χ3n) is 4.29. The molecule has 4 N–H and O–H groups in total. The zero-order valence-corrected chi connectivity index (χ0v) is 16.9. The van der Waals surface area contributed by atoms with Crippen molar-refractivity contribution in [1.82, 2.24) is 15.3 Å². The number of nitrogens with one attached hydrogen (secondary N) is 3. The number of halogens is 2. The first-order valence-electron chi connectivity index (χ1n) is 9.20. The van der Waals surface area contributed by atoms with Crippen LogP contribution >= 0.6 is 11.6 Å². The van der Waals surface area contributed by atoms with Crippen molar-refractivity contribution in [3.8, 4) is 0 Å². The molecule has 0 unspecified atom stereocenters. The van der Waals surface area contributed by atoms with E-state index in [2.05, 4.69) is 20.6 Å².